The van der Waals surface area contributed by atoms with Crippen molar-refractivity contribution in [2.75, 3.05) is 77.8 Å². The summed E-state index contributed by atoms with van der Waals surface area (Å²) in [5.41, 5.74) is 0. The van der Waals surface area contributed by atoms with Crippen molar-refractivity contribution in [1.82, 2.24) is 26.6 Å². The first kappa shape index (κ1) is 62.1. The van der Waals surface area contributed by atoms with Crippen LogP contribution in [0.1, 0.15) is 148 Å². The van der Waals surface area contributed by atoms with E-state index in [1.165, 1.54) is 57.8 Å². The Hall–Kier alpha value is -3.92. The van der Waals surface area contributed by atoms with E-state index < -0.39 is 35.9 Å². The first-order valence-electron chi connectivity index (χ1n) is 23.8. The third-order valence-electron chi connectivity index (χ3n) is 10.2. The molecule has 0 spiro atoms. The number of carboxylic acid groups (broad SMARTS) is 3. The minimum absolute atomic E-state index is 0.0383. The number of carbonyl (C=O) groups excluding carboxylic acids is 5. The number of hydrogen-bond donors (Lipinski definition) is 8. The lowest BCUT2D eigenvalue weighted by molar-refractivity contribution is -0.143. The molecule has 382 valence electrons. The SMILES string of the molecule is O=C(O)CCCCCCCCCCCCCCCCCCC(=O)N[C@@H](CCC(=O)NCCOCCOCC(=O)NCCOCCOCC(=O)NC(CCCCNC(=O)CBr)C(=O)O)C(=O)O. The standard InChI is InChI=1S/C45H80BrN5O15/c46-33-40(54)47-24-18-17-19-36(44(59)60)51-42(56)35-66-32-30-64-28-26-49-41(55)34-65-31-29-63-27-25-48-38(52)23-22-37(45(61)62)50-39(53)20-15-13-11-9-7-5-3-1-2-4-6-8-10-12-14-16-21-43(57)58/h36-37H,1-35H2,(H,47,54)(H,48,52)(H,49,55)(H,50,53)(H,51,56)(H,57,58)(H,59,60)(H,61,62)/t36?,37-/m0/s1. The van der Waals surface area contributed by atoms with Crippen LogP contribution in [0, 0.1) is 0 Å². The van der Waals surface area contributed by atoms with Crippen molar-refractivity contribution < 1.29 is 72.6 Å². The van der Waals surface area contributed by atoms with Crippen molar-refractivity contribution in [3.8, 4) is 0 Å². The van der Waals surface area contributed by atoms with Gasteiger partial charge in [-0.25, -0.2) is 9.59 Å². The lowest BCUT2D eigenvalue weighted by Crippen LogP contribution is -2.42. The zero-order chi connectivity index (χ0) is 48.9. The number of carbonyl (C=O) groups is 8. The fourth-order valence-corrected chi connectivity index (χ4v) is 6.71. The number of rotatable bonds is 48. The van der Waals surface area contributed by atoms with Crippen molar-refractivity contribution >= 4 is 63.4 Å². The van der Waals surface area contributed by atoms with Crippen LogP contribution < -0.4 is 26.6 Å². The van der Waals surface area contributed by atoms with E-state index in [0.29, 0.717) is 25.8 Å². The van der Waals surface area contributed by atoms with Gasteiger partial charge < -0.3 is 60.9 Å². The molecule has 5 amide bonds. The Kier molecular flexibility index (Phi) is 42.2. The minimum Gasteiger partial charge on any atom is -0.481 e. The molecule has 0 aliphatic carbocycles. The zero-order valence-corrected chi connectivity index (χ0v) is 40.6. The fourth-order valence-electron chi connectivity index (χ4n) is 6.51. The van der Waals surface area contributed by atoms with Crippen LogP contribution in [-0.2, 0) is 57.3 Å². The van der Waals surface area contributed by atoms with Crippen LogP contribution >= 0.6 is 15.9 Å². The number of alkyl halides is 1. The van der Waals surface area contributed by atoms with Crippen LogP contribution in [0.2, 0.25) is 0 Å². The summed E-state index contributed by atoms with van der Waals surface area (Å²) in [5, 5.41) is 40.6. The molecule has 21 heteroatoms. The van der Waals surface area contributed by atoms with Crippen LogP contribution in [-0.4, -0.2) is 153 Å². The minimum atomic E-state index is -1.19. The maximum absolute atomic E-state index is 12.4. The number of nitrogens with one attached hydrogen (secondary N) is 5. The van der Waals surface area contributed by atoms with E-state index in [1.807, 2.05) is 0 Å². The largest absolute Gasteiger partial charge is 0.481 e. The molecule has 0 aromatic rings. The predicted octanol–water partition coefficient (Wildman–Crippen LogP) is 3.99. The van der Waals surface area contributed by atoms with Crippen molar-refractivity contribution in [3.63, 3.8) is 0 Å². The summed E-state index contributed by atoms with van der Waals surface area (Å²) in [7, 11) is 0. The van der Waals surface area contributed by atoms with Gasteiger partial charge >= 0.3 is 17.9 Å². The molecular weight excluding hydrogens is 930 g/mol. The Morgan fingerprint density at radius 3 is 1.27 bits per heavy atom. The Morgan fingerprint density at radius 2 is 0.788 bits per heavy atom. The van der Waals surface area contributed by atoms with E-state index in [4.69, 9.17) is 24.1 Å². The van der Waals surface area contributed by atoms with Gasteiger partial charge in [0, 0.05) is 38.9 Å². The summed E-state index contributed by atoms with van der Waals surface area (Å²) in [6, 6.07) is -2.22. The molecule has 0 aliphatic heterocycles. The topological polar surface area (TPSA) is 294 Å². The van der Waals surface area contributed by atoms with E-state index in [1.54, 1.807) is 0 Å². The molecule has 0 saturated heterocycles. The van der Waals surface area contributed by atoms with Gasteiger partial charge in [-0.05, 0) is 38.5 Å². The second kappa shape index (κ2) is 44.9. The lowest BCUT2D eigenvalue weighted by Gasteiger charge is -2.14. The molecule has 0 fully saturated rings. The summed E-state index contributed by atoms with van der Waals surface area (Å²) in [6.45, 7) is 1.18. The summed E-state index contributed by atoms with van der Waals surface area (Å²) >= 11 is 3.04. The molecule has 0 rings (SSSR count). The van der Waals surface area contributed by atoms with Crippen LogP contribution in [0.25, 0.3) is 0 Å². The molecule has 0 aliphatic rings. The van der Waals surface area contributed by atoms with E-state index >= 15 is 0 Å². The first-order valence-corrected chi connectivity index (χ1v) is 24.9. The molecule has 0 heterocycles. The molecule has 8 N–H and O–H groups in total. The third-order valence-corrected chi connectivity index (χ3v) is 10.7. The van der Waals surface area contributed by atoms with Crippen molar-refractivity contribution in [3.05, 3.63) is 0 Å². The average Bonchev–Trinajstić information content (AvgIpc) is 3.28. The van der Waals surface area contributed by atoms with E-state index in [2.05, 4.69) is 42.5 Å². The Labute approximate surface area is 399 Å². The highest BCUT2D eigenvalue weighted by molar-refractivity contribution is 9.09. The monoisotopic (exact) mass is 1010 g/mol. The van der Waals surface area contributed by atoms with Gasteiger partial charge in [-0.3, -0.25) is 28.8 Å². The summed E-state index contributed by atoms with van der Waals surface area (Å²) < 4.78 is 21.2. The summed E-state index contributed by atoms with van der Waals surface area (Å²) in [4.78, 5) is 93.4. The maximum atomic E-state index is 12.4. The highest BCUT2D eigenvalue weighted by Crippen LogP contribution is 2.14. The normalized spacial score (nSPS) is 11.9. The van der Waals surface area contributed by atoms with Gasteiger partial charge in [-0.15, -0.1) is 0 Å². The second-order valence-electron chi connectivity index (χ2n) is 16.0. The summed E-state index contributed by atoms with van der Waals surface area (Å²) in [5.74, 6) is -4.86. The molecule has 1 unspecified atom stereocenters. The second-order valence-corrected chi connectivity index (χ2v) is 16.6. The van der Waals surface area contributed by atoms with E-state index in [0.717, 1.165) is 38.5 Å². The van der Waals surface area contributed by atoms with E-state index in [9.17, 15) is 48.6 Å². The Morgan fingerprint density at radius 1 is 0.379 bits per heavy atom. The average molecular weight is 1010 g/mol. The van der Waals surface area contributed by atoms with Gasteiger partial charge in [0.15, 0.2) is 0 Å². The highest BCUT2D eigenvalue weighted by atomic mass is 79.9. The molecule has 0 aromatic carbocycles. The van der Waals surface area contributed by atoms with Crippen molar-refractivity contribution in [2.24, 2.45) is 0 Å². The number of amides is 5. The third kappa shape index (κ3) is 42.7. The fraction of sp³-hybridized carbons (Fsp3) is 0.822. The first-order chi connectivity index (χ1) is 31.8. The van der Waals surface area contributed by atoms with Gasteiger partial charge in [-0.1, -0.05) is 106 Å². The predicted molar refractivity (Wildman–Crippen MR) is 249 cm³/mol. The number of carboxylic acids is 3. The van der Waals surface area contributed by atoms with Gasteiger partial charge in [0.2, 0.25) is 29.5 Å². The lowest BCUT2D eigenvalue weighted by atomic mass is 10.0. The number of halogens is 1. The van der Waals surface area contributed by atoms with Gasteiger partial charge in [0.05, 0.1) is 45.0 Å². The number of hydrogen-bond acceptors (Lipinski definition) is 12. The van der Waals surface area contributed by atoms with Crippen LogP contribution in [0.5, 0.6) is 0 Å². The van der Waals surface area contributed by atoms with Gasteiger partial charge in [-0.2, -0.15) is 0 Å². The molecular formula is C45H80BrN5O15. The molecule has 20 nitrogen and oxygen atoms in total. The maximum Gasteiger partial charge on any atom is 0.326 e. The van der Waals surface area contributed by atoms with Crippen LogP contribution in [0.15, 0.2) is 0 Å². The Bertz CT molecular complexity index is 1350. The van der Waals surface area contributed by atoms with Crippen LogP contribution in [0.4, 0.5) is 0 Å². The quantitative estimate of drug-likeness (QED) is 0.0316. The Balaban J connectivity index is 3.72. The van der Waals surface area contributed by atoms with Crippen molar-refractivity contribution in [1.29, 1.82) is 0 Å². The highest BCUT2D eigenvalue weighted by Gasteiger charge is 2.21. The molecule has 66 heavy (non-hydrogen) atoms. The van der Waals surface area contributed by atoms with Gasteiger partial charge in [0.25, 0.3) is 0 Å². The smallest absolute Gasteiger partial charge is 0.326 e. The molecule has 0 bridgehead atoms. The molecule has 2 atom stereocenters. The molecule has 0 radical (unpaired) electrons. The molecule has 0 aromatic heterocycles. The van der Waals surface area contributed by atoms with Crippen molar-refractivity contribution in [2.45, 2.75) is 160 Å². The molecule has 0 saturated carbocycles. The number of unbranched alkanes of at least 4 members (excludes halogenated alkanes) is 16. The van der Waals surface area contributed by atoms with Crippen LogP contribution in [0.3, 0.4) is 0 Å². The van der Waals surface area contributed by atoms with Gasteiger partial charge in [0.1, 0.15) is 25.3 Å². The zero-order valence-electron chi connectivity index (χ0n) is 39.0. The number of ether oxygens (including phenoxy) is 4. The summed E-state index contributed by atoms with van der Waals surface area (Å²) in [6.07, 6.45) is 19.4. The number of aliphatic carboxylic acids is 3. The van der Waals surface area contributed by atoms with E-state index in [-0.39, 0.29) is 127 Å².